The Morgan fingerprint density at radius 1 is 0.794 bits per heavy atom. The summed E-state index contributed by atoms with van der Waals surface area (Å²) >= 11 is 4.93. The van der Waals surface area contributed by atoms with Gasteiger partial charge in [0.05, 0.1) is 5.69 Å². The summed E-state index contributed by atoms with van der Waals surface area (Å²) in [7, 11) is 0. The van der Waals surface area contributed by atoms with Crippen LogP contribution in [0.4, 0.5) is 11.4 Å². The van der Waals surface area contributed by atoms with Gasteiger partial charge in [-0.05, 0) is 70.4 Å². The lowest BCUT2D eigenvalue weighted by Gasteiger charge is -2.18. The second-order valence-corrected chi connectivity index (χ2v) is 9.71. The van der Waals surface area contributed by atoms with E-state index in [2.05, 4.69) is 26.6 Å². The van der Waals surface area contributed by atoms with E-state index in [9.17, 15) is 9.59 Å². The highest BCUT2D eigenvalue weighted by atomic mass is 79.9. The van der Waals surface area contributed by atoms with Gasteiger partial charge in [0.1, 0.15) is 5.25 Å². The molecule has 0 saturated carbocycles. The van der Waals surface area contributed by atoms with Gasteiger partial charge in [-0.25, -0.2) is 0 Å². The molecule has 0 radical (unpaired) electrons. The van der Waals surface area contributed by atoms with Gasteiger partial charge >= 0.3 is 0 Å². The second-order valence-electron chi connectivity index (χ2n) is 7.67. The second kappa shape index (κ2) is 11.2. The number of thioether (sulfide) groups is 1. The van der Waals surface area contributed by atoms with Gasteiger partial charge in [-0.15, -0.1) is 11.8 Å². The lowest BCUT2D eigenvalue weighted by molar-refractivity contribution is -0.115. The number of halogens is 1. The molecule has 1 unspecified atom stereocenters. The molecule has 0 aliphatic rings. The molecule has 4 nitrogen and oxygen atoms in total. The zero-order valence-electron chi connectivity index (χ0n) is 18.5. The minimum Gasteiger partial charge on any atom is -0.324 e. The van der Waals surface area contributed by atoms with Crippen LogP contribution < -0.4 is 10.6 Å². The summed E-state index contributed by atoms with van der Waals surface area (Å²) < 4.78 is 0.820. The molecule has 4 rings (SSSR count). The molecule has 1 atom stereocenters. The molecule has 0 aliphatic heterocycles. The number of benzene rings is 4. The van der Waals surface area contributed by atoms with Crippen LogP contribution in [0.25, 0.3) is 0 Å². The smallest absolute Gasteiger partial charge is 0.255 e. The molecule has 0 saturated heterocycles. The molecule has 2 N–H and O–H groups in total. The molecule has 4 aromatic rings. The molecule has 170 valence electrons. The van der Waals surface area contributed by atoms with Crippen molar-refractivity contribution in [3.05, 3.63) is 124 Å². The van der Waals surface area contributed by atoms with E-state index in [1.807, 2.05) is 104 Å². The highest BCUT2D eigenvalue weighted by molar-refractivity contribution is 9.10. The number of amides is 2. The van der Waals surface area contributed by atoms with Crippen molar-refractivity contribution in [2.24, 2.45) is 0 Å². The first-order chi connectivity index (χ1) is 16.5. The lowest BCUT2D eigenvalue weighted by Crippen LogP contribution is -2.19. The quantitative estimate of drug-likeness (QED) is 0.243. The van der Waals surface area contributed by atoms with Crippen molar-refractivity contribution >= 4 is 50.9 Å². The fraction of sp³-hybridized carbons (Fsp3) is 0.0714. The summed E-state index contributed by atoms with van der Waals surface area (Å²) in [5.41, 5.74) is 3.84. The fourth-order valence-electron chi connectivity index (χ4n) is 3.47. The van der Waals surface area contributed by atoms with Crippen molar-refractivity contribution in [2.45, 2.75) is 17.1 Å². The highest BCUT2D eigenvalue weighted by Crippen LogP contribution is 2.37. The van der Waals surface area contributed by atoms with Crippen LogP contribution in [0.3, 0.4) is 0 Å². The molecule has 4 aromatic carbocycles. The highest BCUT2D eigenvalue weighted by Gasteiger charge is 2.23. The molecule has 6 heteroatoms. The molecular formula is C28H23BrN2O2S. The van der Waals surface area contributed by atoms with E-state index in [4.69, 9.17) is 0 Å². The molecule has 0 heterocycles. The Bertz CT molecular complexity index is 1310. The predicted octanol–water partition coefficient (Wildman–Crippen LogP) is 7.48. The van der Waals surface area contributed by atoms with Gasteiger partial charge in [-0.1, -0.05) is 66.7 Å². The van der Waals surface area contributed by atoms with Crippen LogP contribution >= 0.6 is 27.7 Å². The maximum Gasteiger partial charge on any atom is 0.255 e. The normalized spacial score (nSPS) is 11.5. The van der Waals surface area contributed by atoms with Gasteiger partial charge in [-0.2, -0.15) is 0 Å². The third-order valence-corrected chi connectivity index (χ3v) is 7.15. The minimum atomic E-state index is -0.476. The van der Waals surface area contributed by atoms with E-state index in [0.29, 0.717) is 16.9 Å². The molecule has 0 spiro atoms. The Morgan fingerprint density at radius 2 is 1.50 bits per heavy atom. The van der Waals surface area contributed by atoms with Crippen molar-refractivity contribution in [2.75, 3.05) is 10.6 Å². The van der Waals surface area contributed by atoms with Crippen LogP contribution in [-0.2, 0) is 4.79 Å². The Kier molecular flexibility index (Phi) is 7.83. The van der Waals surface area contributed by atoms with E-state index < -0.39 is 5.25 Å². The standard InChI is InChI=1S/C28H23BrN2O2S/c1-19-10-5-6-15-23(19)27(32)30-21-13-9-14-22(18-21)34-26(20-11-3-2-4-12-20)28(33)31-25-17-8-7-16-24(25)29/h2-18,26H,1H3,(H,30,32)(H,31,33). The number of carbonyl (C=O) groups excluding carboxylic acids is 2. The molecule has 0 bridgehead atoms. The third-order valence-electron chi connectivity index (χ3n) is 5.21. The summed E-state index contributed by atoms with van der Waals surface area (Å²) in [6, 6.07) is 32.2. The summed E-state index contributed by atoms with van der Waals surface area (Å²) in [4.78, 5) is 27.0. The van der Waals surface area contributed by atoms with E-state index in [0.717, 1.165) is 20.5 Å². The third kappa shape index (κ3) is 5.95. The first-order valence-electron chi connectivity index (χ1n) is 10.8. The number of aryl methyl sites for hydroxylation is 1. The SMILES string of the molecule is Cc1ccccc1C(=O)Nc1cccc(SC(C(=O)Nc2ccccc2Br)c2ccccc2)c1. The Morgan fingerprint density at radius 3 is 2.26 bits per heavy atom. The van der Waals surface area contributed by atoms with Crippen LogP contribution in [0.15, 0.2) is 112 Å². The zero-order chi connectivity index (χ0) is 23.9. The number of rotatable bonds is 7. The van der Waals surface area contributed by atoms with Gasteiger partial charge in [-0.3, -0.25) is 9.59 Å². The maximum atomic E-state index is 13.3. The number of nitrogens with one attached hydrogen (secondary N) is 2. The van der Waals surface area contributed by atoms with Crippen LogP contribution in [-0.4, -0.2) is 11.8 Å². The average Bonchev–Trinajstić information content (AvgIpc) is 2.85. The number of hydrogen-bond acceptors (Lipinski definition) is 3. The van der Waals surface area contributed by atoms with Gasteiger partial charge in [0.15, 0.2) is 0 Å². The molecule has 0 aromatic heterocycles. The van der Waals surface area contributed by atoms with Gasteiger partial charge in [0, 0.05) is 20.6 Å². The molecule has 34 heavy (non-hydrogen) atoms. The van der Waals surface area contributed by atoms with E-state index in [1.54, 1.807) is 6.07 Å². The summed E-state index contributed by atoms with van der Waals surface area (Å²) in [5.74, 6) is -0.288. The van der Waals surface area contributed by atoms with Crippen LogP contribution in [0.2, 0.25) is 0 Å². The lowest BCUT2D eigenvalue weighted by atomic mass is 10.1. The van der Waals surface area contributed by atoms with Gasteiger partial charge in [0.2, 0.25) is 5.91 Å². The minimum absolute atomic E-state index is 0.127. The fourth-order valence-corrected chi connectivity index (χ4v) is 4.94. The zero-order valence-corrected chi connectivity index (χ0v) is 20.9. The Balaban J connectivity index is 1.56. The first kappa shape index (κ1) is 23.8. The Hall–Kier alpha value is -3.35. The predicted molar refractivity (Wildman–Crippen MR) is 143 cm³/mol. The summed E-state index contributed by atoms with van der Waals surface area (Å²) in [5, 5.41) is 5.52. The van der Waals surface area contributed by atoms with Gasteiger partial charge in [0.25, 0.3) is 5.91 Å². The van der Waals surface area contributed by atoms with Gasteiger partial charge < -0.3 is 10.6 Å². The van der Waals surface area contributed by atoms with Crippen molar-refractivity contribution in [3.63, 3.8) is 0 Å². The number of carbonyl (C=O) groups is 2. The number of anilines is 2. The van der Waals surface area contributed by atoms with E-state index >= 15 is 0 Å². The van der Waals surface area contributed by atoms with Crippen LogP contribution in [0, 0.1) is 6.92 Å². The molecule has 0 aliphatic carbocycles. The van der Waals surface area contributed by atoms with E-state index in [1.165, 1.54) is 11.8 Å². The Labute approximate surface area is 211 Å². The molecular weight excluding hydrogens is 508 g/mol. The van der Waals surface area contributed by atoms with Crippen molar-refractivity contribution < 1.29 is 9.59 Å². The topological polar surface area (TPSA) is 58.2 Å². The monoisotopic (exact) mass is 530 g/mol. The molecule has 2 amide bonds. The molecule has 0 fully saturated rings. The van der Waals surface area contributed by atoms with Crippen molar-refractivity contribution in [1.82, 2.24) is 0 Å². The van der Waals surface area contributed by atoms with Crippen LogP contribution in [0.1, 0.15) is 26.7 Å². The average molecular weight is 531 g/mol. The summed E-state index contributed by atoms with van der Waals surface area (Å²) in [6.45, 7) is 1.91. The number of para-hydroxylation sites is 1. The maximum absolute atomic E-state index is 13.3. The van der Waals surface area contributed by atoms with Crippen molar-refractivity contribution in [1.29, 1.82) is 0 Å². The largest absolute Gasteiger partial charge is 0.324 e. The first-order valence-corrected chi connectivity index (χ1v) is 12.4. The van der Waals surface area contributed by atoms with E-state index in [-0.39, 0.29) is 11.8 Å². The van der Waals surface area contributed by atoms with Crippen molar-refractivity contribution in [3.8, 4) is 0 Å². The summed E-state index contributed by atoms with van der Waals surface area (Å²) in [6.07, 6.45) is 0. The van der Waals surface area contributed by atoms with Crippen LogP contribution in [0.5, 0.6) is 0 Å². The number of hydrogen-bond donors (Lipinski definition) is 2.